The molecule has 0 radical (unpaired) electrons. The molecule has 0 unspecified atom stereocenters. The summed E-state index contributed by atoms with van der Waals surface area (Å²) in [5.74, 6) is -0.0993. The van der Waals surface area contributed by atoms with Crippen LogP contribution in [0.15, 0.2) is 94.2 Å². The molecule has 0 bridgehead atoms. The van der Waals surface area contributed by atoms with Gasteiger partial charge in [-0.05, 0) is 30.3 Å². The molecule has 7 nitrogen and oxygen atoms in total. The van der Waals surface area contributed by atoms with Crippen molar-refractivity contribution in [3.63, 3.8) is 0 Å². The van der Waals surface area contributed by atoms with E-state index in [1.165, 1.54) is 6.07 Å². The molecule has 1 aromatic heterocycles. The van der Waals surface area contributed by atoms with Crippen molar-refractivity contribution in [3.8, 4) is 11.5 Å². The quantitative estimate of drug-likeness (QED) is 0.371. The fraction of sp³-hybridized carbons (Fsp3) is 0. The Morgan fingerprint density at radius 2 is 1.59 bits per heavy atom. The zero-order valence-corrected chi connectivity index (χ0v) is 17.3. The lowest BCUT2D eigenvalue weighted by Gasteiger charge is -2.12. The van der Waals surface area contributed by atoms with Gasteiger partial charge in [-0.2, -0.15) is 8.42 Å². The first-order valence-corrected chi connectivity index (χ1v) is 11.1. The lowest BCUT2D eigenvalue weighted by atomic mass is 10.1. The number of nitrogens with zero attached hydrogens (tertiary/aromatic N) is 1. The van der Waals surface area contributed by atoms with Crippen LogP contribution in [0.3, 0.4) is 0 Å². The van der Waals surface area contributed by atoms with Crippen molar-refractivity contribution < 1.29 is 22.2 Å². The van der Waals surface area contributed by atoms with Crippen molar-refractivity contribution in [2.24, 2.45) is 0 Å². The number of benzene rings is 4. The molecule has 5 aromatic rings. The van der Waals surface area contributed by atoms with E-state index in [-0.39, 0.29) is 21.6 Å². The Hall–Kier alpha value is -4.01. The monoisotopic (exact) mass is 444 g/mol. The van der Waals surface area contributed by atoms with E-state index in [9.17, 15) is 17.8 Å². The Balaban J connectivity index is 1.75. The van der Waals surface area contributed by atoms with Gasteiger partial charge in [0.25, 0.3) is 16.0 Å². The van der Waals surface area contributed by atoms with E-state index in [4.69, 9.17) is 4.42 Å². The molecular weight excluding hydrogens is 428 g/mol. The molecule has 0 aliphatic rings. The number of hydrogen-bond donors (Lipinski definition) is 2. The third-order valence-corrected chi connectivity index (χ3v) is 5.94. The minimum Gasteiger partial charge on any atom is -0.436 e. The van der Waals surface area contributed by atoms with Crippen LogP contribution in [0.4, 0.5) is 5.69 Å². The van der Waals surface area contributed by atoms with Crippen molar-refractivity contribution in [2.45, 2.75) is 4.90 Å². The Bertz CT molecular complexity index is 1580. The van der Waals surface area contributed by atoms with E-state index in [1.54, 1.807) is 48.5 Å². The number of oxazole rings is 1. The molecule has 0 aliphatic carbocycles. The number of aromatic nitrogens is 1. The third kappa shape index (κ3) is 3.51. The highest BCUT2D eigenvalue weighted by Gasteiger charge is 2.23. The second kappa shape index (κ2) is 7.60. The van der Waals surface area contributed by atoms with Crippen LogP contribution < -0.4 is 5.32 Å². The van der Waals surface area contributed by atoms with Crippen LogP contribution in [-0.4, -0.2) is 23.9 Å². The van der Waals surface area contributed by atoms with Gasteiger partial charge in [0.05, 0.1) is 5.69 Å². The maximum Gasteiger partial charge on any atom is 0.295 e. The average molecular weight is 444 g/mol. The number of rotatable bonds is 4. The summed E-state index contributed by atoms with van der Waals surface area (Å²) in [4.78, 5) is 16.9. The van der Waals surface area contributed by atoms with Crippen LogP contribution >= 0.6 is 0 Å². The number of carbonyl (C=O) groups is 1. The molecule has 32 heavy (non-hydrogen) atoms. The molecule has 2 N–H and O–H groups in total. The van der Waals surface area contributed by atoms with E-state index in [2.05, 4.69) is 10.3 Å². The first-order chi connectivity index (χ1) is 15.4. The molecule has 0 aliphatic heterocycles. The van der Waals surface area contributed by atoms with Crippen LogP contribution in [-0.2, 0) is 10.1 Å². The lowest BCUT2D eigenvalue weighted by Crippen LogP contribution is -2.12. The number of carbonyl (C=O) groups excluding carboxylic acids is 1. The first-order valence-electron chi connectivity index (χ1n) is 9.67. The highest BCUT2D eigenvalue weighted by atomic mass is 32.2. The summed E-state index contributed by atoms with van der Waals surface area (Å²) in [6.45, 7) is 0. The van der Waals surface area contributed by atoms with E-state index >= 15 is 0 Å². The summed E-state index contributed by atoms with van der Waals surface area (Å²) in [5, 5.41) is 3.32. The predicted molar refractivity (Wildman–Crippen MR) is 121 cm³/mol. The van der Waals surface area contributed by atoms with Crippen LogP contribution in [0.2, 0.25) is 0 Å². The van der Waals surface area contributed by atoms with Gasteiger partial charge in [-0.1, -0.05) is 48.5 Å². The number of hydrogen-bond acceptors (Lipinski definition) is 5. The van der Waals surface area contributed by atoms with Crippen molar-refractivity contribution in [2.75, 3.05) is 5.32 Å². The van der Waals surface area contributed by atoms with Crippen molar-refractivity contribution in [1.29, 1.82) is 0 Å². The van der Waals surface area contributed by atoms with Gasteiger partial charge in [-0.3, -0.25) is 9.35 Å². The van der Waals surface area contributed by atoms with E-state index in [0.29, 0.717) is 22.4 Å². The Kier molecular flexibility index (Phi) is 4.73. The molecule has 158 valence electrons. The highest BCUT2D eigenvalue weighted by Crippen LogP contribution is 2.37. The predicted octanol–water partition coefficient (Wildman–Crippen LogP) is 5.15. The van der Waals surface area contributed by atoms with Crippen LogP contribution in [0.5, 0.6) is 0 Å². The summed E-state index contributed by atoms with van der Waals surface area (Å²) in [6.07, 6.45) is 0. The van der Waals surface area contributed by atoms with E-state index in [1.807, 2.05) is 30.3 Å². The van der Waals surface area contributed by atoms with Crippen molar-refractivity contribution in [1.82, 2.24) is 4.98 Å². The van der Waals surface area contributed by atoms with Gasteiger partial charge in [-0.25, -0.2) is 4.98 Å². The topological polar surface area (TPSA) is 110 Å². The molecule has 0 saturated carbocycles. The van der Waals surface area contributed by atoms with Gasteiger partial charge < -0.3 is 9.73 Å². The molecule has 0 atom stereocenters. The minimum absolute atomic E-state index is 0.152. The summed E-state index contributed by atoms with van der Waals surface area (Å²) in [5.41, 5.74) is 1.98. The number of amides is 1. The van der Waals surface area contributed by atoms with Crippen molar-refractivity contribution in [3.05, 3.63) is 90.5 Å². The molecule has 8 heteroatoms. The minimum atomic E-state index is -4.64. The van der Waals surface area contributed by atoms with Gasteiger partial charge >= 0.3 is 0 Å². The molecule has 0 saturated heterocycles. The fourth-order valence-corrected chi connectivity index (χ4v) is 4.36. The third-order valence-electron chi connectivity index (χ3n) is 5.06. The van der Waals surface area contributed by atoms with Crippen LogP contribution in [0.1, 0.15) is 10.4 Å². The molecule has 0 spiro atoms. The van der Waals surface area contributed by atoms with Gasteiger partial charge in [0.1, 0.15) is 10.4 Å². The van der Waals surface area contributed by atoms with Gasteiger partial charge in [0.2, 0.25) is 5.89 Å². The summed E-state index contributed by atoms with van der Waals surface area (Å²) >= 11 is 0. The molecule has 1 amide bonds. The van der Waals surface area contributed by atoms with E-state index < -0.39 is 16.0 Å². The lowest BCUT2D eigenvalue weighted by molar-refractivity contribution is 0.102. The summed E-state index contributed by atoms with van der Waals surface area (Å²) in [7, 11) is -4.64. The molecule has 1 heterocycles. The van der Waals surface area contributed by atoms with Gasteiger partial charge in [-0.15, -0.1) is 0 Å². The smallest absolute Gasteiger partial charge is 0.295 e. The number of anilines is 1. The second-order valence-corrected chi connectivity index (χ2v) is 8.52. The Morgan fingerprint density at radius 1 is 0.906 bits per heavy atom. The standard InChI is InChI=1S/C24H16N2O5S/c27-23(15-8-3-1-4-9-15)25-18-13-7-12-17-21(18)20(32(28,29)30)14-19-22(17)26-24(31-19)16-10-5-2-6-11-16/h1-14H,(H,25,27)(H,28,29,30). The van der Waals surface area contributed by atoms with E-state index in [0.717, 1.165) is 5.56 Å². The largest absolute Gasteiger partial charge is 0.436 e. The molecule has 0 fully saturated rings. The first kappa shape index (κ1) is 19.9. The highest BCUT2D eigenvalue weighted by molar-refractivity contribution is 7.86. The van der Waals surface area contributed by atoms with Crippen molar-refractivity contribution >= 4 is 43.6 Å². The number of nitrogens with one attached hydrogen (secondary N) is 1. The SMILES string of the molecule is O=C(Nc1cccc2c1c(S(=O)(=O)O)cc1oc(-c3ccccc3)nc12)c1ccccc1. The number of fused-ring (bicyclic) bond motifs is 3. The normalized spacial score (nSPS) is 11.7. The fourth-order valence-electron chi connectivity index (χ4n) is 3.62. The maximum atomic E-state index is 12.7. The molecule has 4 aromatic carbocycles. The summed E-state index contributed by atoms with van der Waals surface area (Å²) in [6, 6.07) is 23.9. The Morgan fingerprint density at radius 3 is 2.28 bits per heavy atom. The zero-order valence-electron chi connectivity index (χ0n) is 16.5. The Labute approximate surface area is 183 Å². The summed E-state index contributed by atoms with van der Waals surface area (Å²) < 4.78 is 40.3. The zero-order chi connectivity index (χ0) is 22.3. The average Bonchev–Trinajstić information content (AvgIpc) is 3.24. The van der Waals surface area contributed by atoms with Crippen LogP contribution in [0.25, 0.3) is 33.3 Å². The molecular formula is C24H16N2O5S. The van der Waals surface area contributed by atoms with Gasteiger partial charge in [0.15, 0.2) is 5.58 Å². The van der Waals surface area contributed by atoms with Crippen LogP contribution in [0, 0.1) is 0 Å². The second-order valence-electron chi connectivity index (χ2n) is 7.13. The maximum absolute atomic E-state index is 12.7. The molecule has 5 rings (SSSR count). The van der Waals surface area contributed by atoms with Gasteiger partial charge in [0, 0.05) is 28.0 Å².